The van der Waals surface area contributed by atoms with Crippen LogP contribution in [0.1, 0.15) is 39.1 Å². The van der Waals surface area contributed by atoms with E-state index in [-0.39, 0.29) is 6.10 Å². The number of nitrogens with one attached hydrogen (secondary N) is 1. The molecule has 0 aliphatic heterocycles. The number of aromatic nitrogens is 1. The minimum Gasteiger partial charge on any atom is -0.486 e. The summed E-state index contributed by atoms with van der Waals surface area (Å²) in [6.07, 6.45) is -0.744. The Hall–Kier alpha value is -1.13. The second-order valence-corrected chi connectivity index (χ2v) is 5.49. The summed E-state index contributed by atoms with van der Waals surface area (Å²) in [6, 6.07) is 3.85. The largest absolute Gasteiger partial charge is 0.486 e. The molecule has 19 heavy (non-hydrogen) atoms. The molecule has 0 saturated heterocycles. The van der Waals surface area contributed by atoms with Crippen molar-refractivity contribution in [3.05, 3.63) is 23.5 Å². The van der Waals surface area contributed by atoms with Crippen molar-refractivity contribution in [3.63, 3.8) is 0 Å². The van der Waals surface area contributed by atoms with Gasteiger partial charge in [-0.2, -0.15) is 0 Å². The first kappa shape index (κ1) is 15.9. The van der Waals surface area contributed by atoms with Gasteiger partial charge in [0.1, 0.15) is 11.9 Å². The molecular weight excluding hydrogens is 240 g/mol. The molecule has 1 aromatic heterocycles. The second kappa shape index (κ2) is 7.46. The van der Waals surface area contributed by atoms with Crippen LogP contribution in [0.15, 0.2) is 12.1 Å². The molecule has 2 atom stereocenters. The standard InChI is InChI=1S/C15H26N2O2/c1-10(2)8-16-9-14-15(7-6-11(3)17-14)19-13(5)12(4)18/h6-7,10,12-13,16,18H,8-9H2,1-5H3. The number of pyridine rings is 1. The van der Waals surface area contributed by atoms with Crippen molar-refractivity contribution in [2.24, 2.45) is 5.92 Å². The summed E-state index contributed by atoms with van der Waals surface area (Å²) in [5, 5.41) is 12.9. The van der Waals surface area contributed by atoms with Gasteiger partial charge in [-0.05, 0) is 45.4 Å². The molecule has 0 amide bonds. The topological polar surface area (TPSA) is 54.4 Å². The summed E-state index contributed by atoms with van der Waals surface area (Å²) in [5.41, 5.74) is 1.87. The third-order valence-electron chi connectivity index (χ3n) is 2.91. The van der Waals surface area contributed by atoms with Crippen LogP contribution in [0.3, 0.4) is 0 Å². The lowest BCUT2D eigenvalue weighted by molar-refractivity contribution is 0.0594. The van der Waals surface area contributed by atoms with Crippen molar-refractivity contribution in [3.8, 4) is 5.75 Å². The van der Waals surface area contributed by atoms with Gasteiger partial charge in [0.25, 0.3) is 0 Å². The fourth-order valence-electron chi connectivity index (χ4n) is 1.61. The van der Waals surface area contributed by atoms with Crippen molar-refractivity contribution in [1.82, 2.24) is 10.3 Å². The first-order valence-corrected chi connectivity index (χ1v) is 6.92. The van der Waals surface area contributed by atoms with E-state index in [0.29, 0.717) is 12.5 Å². The molecule has 0 aromatic carbocycles. The number of nitrogens with zero attached hydrogens (tertiary/aromatic N) is 1. The van der Waals surface area contributed by atoms with Gasteiger partial charge < -0.3 is 15.2 Å². The number of aryl methyl sites for hydroxylation is 1. The van der Waals surface area contributed by atoms with E-state index >= 15 is 0 Å². The Morgan fingerprint density at radius 3 is 2.53 bits per heavy atom. The predicted molar refractivity (Wildman–Crippen MR) is 77.3 cm³/mol. The highest BCUT2D eigenvalue weighted by Crippen LogP contribution is 2.19. The van der Waals surface area contributed by atoms with Gasteiger partial charge in [-0.25, -0.2) is 0 Å². The molecule has 0 aliphatic rings. The van der Waals surface area contributed by atoms with Crippen molar-refractivity contribution in [2.75, 3.05) is 6.54 Å². The fraction of sp³-hybridized carbons (Fsp3) is 0.667. The molecule has 0 spiro atoms. The molecule has 1 aromatic rings. The Bertz CT molecular complexity index is 392. The van der Waals surface area contributed by atoms with E-state index in [2.05, 4.69) is 24.1 Å². The first-order valence-electron chi connectivity index (χ1n) is 6.92. The average molecular weight is 266 g/mol. The summed E-state index contributed by atoms with van der Waals surface area (Å²) in [5.74, 6) is 1.35. The molecule has 1 rings (SSSR count). The predicted octanol–water partition coefficient (Wildman–Crippen LogP) is 2.28. The van der Waals surface area contributed by atoms with E-state index in [9.17, 15) is 5.11 Å². The van der Waals surface area contributed by atoms with Gasteiger partial charge in [-0.15, -0.1) is 0 Å². The molecule has 0 radical (unpaired) electrons. The van der Waals surface area contributed by atoms with Gasteiger partial charge in [-0.3, -0.25) is 4.98 Å². The minimum atomic E-state index is -0.502. The molecule has 0 fully saturated rings. The molecule has 108 valence electrons. The molecule has 1 heterocycles. The fourth-order valence-corrected chi connectivity index (χ4v) is 1.61. The van der Waals surface area contributed by atoms with Crippen LogP contribution in [-0.2, 0) is 6.54 Å². The number of hydrogen-bond donors (Lipinski definition) is 2. The highest BCUT2D eigenvalue weighted by atomic mass is 16.5. The Balaban J connectivity index is 2.73. The molecule has 4 heteroatoms. The van der Waals surface area contributed by atoms with E-state index in [1.165, 1.54) is 0 Å². The summed E-state index contributed by atoms with van der Waals surface area (Å²) in [6.45, 7) is 11.5. The van der Waals surface area contributed by atoms with Gasteiger partial charge >= 0.3 is 0 Å². The molecule has 0 aliphatic carbocycles. The highest BCUT2D eigenvalue weighted by molar-refractivity contribution is 5.29. The van der Waals surface area contributed by atoms with Gasteiger partial charge in [0.15, 0.2) is 0 Å². The van der Waals surface area contributed by atoms with Gasteiger partial charge in [-0.1, -0.05) is 13.8 Å². The smallest absolute Gasteiger partial charge is 0.142 e. The first-order chi connectivity index (χ1) is 8.90. The van der Waals surface area contributed by atoms with Crippen molar-refractivity contribution >= 4 is 0 Å². The summed E-state index contributed by atoms with van der Waals surface area (Å²) >= 11 is 0. The van der Waals surface area contributed by atoms with Gasteiger partial charge in [0, 0.05) is 12.2 Å². The second-order valence-electron chi connectivity index (χ2n) is 5.49. The van der Waals surface area contributed by atoms with Crippen molar-refractivity contribution < 1.29 is 9.84 Å². The zero-order valence-electron chi connectivity index (χ0n) is 12.6. The minimum absolute atomic E-state index is 0.242. The van der Waals surface area contributed by atoms with Crippen LogP contribution >= 0.6 is 0 Å². The summed E-state index contributed by atoms with van der Waals surface area (Å²) < 4.78 is 5.77. The van der Waals surface area contributed by atoms with E-state index in [1.54, 1.807) is 6.92 Å². The number of aliphatic hydroxyl groups is 1. The zero-order chi connectivity index (χ0) is 14.4. The Kier molecular flexibility index (Phi) is 6.25. The van der Waals surface area contributed by atoms with E-state index in [1.807, 2.05) is 26.0 Å². The lowest BCUT2D eigenvalue weighted by Gasteiger charge is -2.19. The Labute approximate surface area is 116 Å². The zero-order valence-corrected chi connectivity index (χ0v) is 12.6. The van der Waals surface area contributed by atoms with Gasteiger partial charge in [0.05, 0.1) is 11.8 Å². The Morgan fingerprint density at radius 1 is 1.26 bits per heavy atom. The van der Waals surface area contributed by atoms with Crippen LogP contribution in [0, 0.1) is 12.8 Å². The van der Waals surface area contributed by atoms with E-state index in [0.717, 1.165) is 23.7 Å². The lowest BCUT2D eigenvalue weighted by Crippen LogP contribution is -2.27. The quantitative estimate of drug-likeness (QED) is 0.795. The number of ether oxygens (including phenoxy) is 1. The summed E-state index contributed by atoms with van der Waals surface area (Å²) in [4.78, 5) is 4.51. The number of aliphatic hydroxyl groups excluding tert-OH is 1. The monoisotopic (exact) mass is 266 g/mol. The van der Waals surface area contributed by atoms with Crippen LogP contribution in [0.4, 0.5) is 0 Å². The third-order valence-corrected chi connectivity index (χ3v) is 2.91. The van der Waals surface area contributed by atoms with Crippen LogP contribution in [-0.4, -0.2) is 28.8 Å². The van der Waals surface area contributed by atoms with Crippen LogP contribution in [0.25, 0.3) is 0 Å². The maximum absolute atomic E-state index is 9.52. The van der Waals surface area contributed by atoms with Crippen LogP contribution in [0.2, 0.25) is 0 Å². The van der Waals surface area contributed by atoms with Crippen LogP contribution in [0.5, 0.6) is 5.75 Å². The third kappa shape index (κ3) is 5.57. The maximum Gasteiger partial charge on any atom is 0.142 e. The molecule has 2 N–H and O–H groups in total. The summed E-state index contributed by atoms with van der Waals surface area (Å²) in [7, 11) is 0. The van der Waals surface area contributed by atoms with E-state index in [4.69, 9.17) is 4.74 Å². The highest BCUT2D eigenvalue weighted by Gasteiger charge is 2.14. The molecule has 4 nitrogen and oxygen atoms in total. The van der Waals surface area contributed by atoms with Crippen molar-refractivity contribution in [1.29, 1.82) is 0 Å². The maximum atomic E-state index is 9.52. The number of hydrogen-bond acceptors (Lipinski definition) is 4. The van der Waals surface area contributed by atoms with Gasteiger partial charge in [0.2, 0.25) is 0 Å². The molecule has 2 unspecified atom stereocenters. The molecule has 0 bridgehead atoms. The lowest BCUT2D eigenvalue weighted by atomic mass is 10.2. The van der Waals surface area contributed by atoms with Crippen molar-refractivity contribution in [2.45, 2.75) is 53.4 Å². The molecular formula is C15H26N2O2. The number of rotatable bonds is 7. The van der Waals surface area contributed by atoms with E-state index < -0.39 is 6.10 Å². The molecule has 0 saturated carbocycles. The SMILES string of the molecule is Cc1ccc(OC(C)C(C)O)c(CNCC(C)C)n1. The average Bonchev–Trinajstić information content (AvgIpc) is 2.31. The van der Waals surface area contributed by atoms with Crippen LogP contribution < -0.4 is 10.1 Å². The normalized spacial score (nSPS) is 14.5. The Morgan fingerprint density at radius 2 is 1.95 bits per heavy atom.